The van der Waals surface area contributed by atoms with E-state index in [1.807, 2.05) is 0 Å². The summed E-state index contributed by atoms with van der Waals surface area (Å²) in [4.78, 5) is 38.6. The van der Waals surface area contributed by atoms with Crippen molar-refractivity contribution in [3.8, 4) is 0 Å². The molecule has 4 unspecified atom stereocenters. The molecule has 0 rings (SSSR count). The Bertz CT molecular complexity index is 453. The molecule has 0 aliphatic heterocycles. The maximum atomic E-state index is 9.90. The standard InChI is InChI=1S/3C6H15N.C6H12O6.H3O4P/c3*1-4-7(5-2)6-3;7-1-3(9)5(11)6(12)4(10)2-8;1-5(2,3)4/h3*4-6H2,1-3H3;1,3-6,8-12H,2H2;(H3,1,2,3,4). The lowest BCUT2D eigenvalue weighted by atomic mass is 10.0. The number of hydrogen-bond acceptors (Lipinski definition) is 10. The molecule has 38 heavy (non-hydrogen) atoms. The second kappa shape index (κ2) is 32.7. The van der Waals surface area contributed by atoms with Crippen molar-refractivity contribution < 1.29 is 49.6 Å². The van der Waals surface area contributed by atoms with Gasteiger partial charge in [-0.1, -0.05) is 62.3 Å². The van der Waals surface area contributed by atoms with Crippen molar-refractivity contribution in [3.63, 3.8) is 0 Å². The maximum absolute atomic E-state index is 9.90. The first-order valence-corrected chi connectivity index (χ1v) is 14.9. The minimum Gasteiger partial charge on any atom is -0.394 e. The van der Waals surface area contributed by atoms with Crippen LogP contribution in [-0.4, -0.2) is 151 Å². The Morgan fingerprint density at radius 2 is 0.789 bits per heavy atom. The first-order valence-electron chi connectivity index (χ1n) is 13.3. The molecule has 0 heterocycles. The Morgan fingerprint density at radius 3 is 0.895 bits per heavy atom. The van der Waals surface area contributed by atoms with Crippen LogP contribution in [0, 0.1) is 0 Å². The highest BCUT2D eigenvalue weighted by Gasteiger charge is 2.29. The molecule has 0 saturated carbocycles. The Hall–Kier alpha value is -0.540. The highest BCUT2D eigenvalue weighted by Crippen LogP contribution is 2.25. The minimum atomic E-state index is -4.64. The molecule has 0 aliphatic rings. The van der Waals surface area contributed by atoms with Crippen molar-refractivity contribution in [2.45, 2.75) is 86.7 Å². The summed E-state index contributed by atoms with van der Waals surface area (Å²) in [6.07, 6.45) is -6.84. The second-order valence-electron chi connectivity index (χ2n) is 7.73. The van der Waals surface area contributed by atoms with Crippen LogP contribution >= 0.6 is 7.82 Å². The van der Waals surface area contributed by atoms with Crippen molar-refractivity contribution in [1.29, 1.82) is 0 Å². The van der Waals surface area contributed by atoms with E-state index in [2.05, 4.69) is 77.0 Å². The molecule has 4 atom stereocenters. The molecule has 0 aromatic heterocycles. The summed E-state index contributed by atoms with van der Waals surface area (Å²) < 4.78 is 8.88. The third-order valence-electron chi connectivity index (χ3n) is 5.45. The number of aldehydes is 1. The lowest BCUT2D eigenvalue weighted by Crippen LogP contribution is -2.46. The molecule has 0 aromatic rings. The van der Waals surface area contributed by atoms with Crippen LogP contribution in [-0.2, 0) is 9.36 Å². The molecule has 0 fully saturated rings. The van der Waals surface area contributed by atoms with E-state index in [1.165, 1.54) is 58.9 Å². The van der Waals surface area contributed by atoms with E-state index in [0.29, 0.717) is 0 Å². The molecule has 0 radical (unpaired) electrons. The van der Waals surface area contributed by atoms with Crippen molar-refractivity contribution >= 4 is 14.1 Å². The quantitative estimate of drug-likeness (QED) is 0.0984. The van der Waals surface area contributed by atoms with Crippen LogP contribution < -0.4 is 0 Å². The van der Waals surface area contributed by atoms with Gasteiger partial charge in [-0.15, -0.1) is 0 Å². The van der Waals surface area contributed by atoms with Gasteiger partial charge in [0.05, 0.1) is 6.61 Å². The van der Waals surface area contributed by atoms with Gasteiger partial charge in [0.15, 0.2) is 6.29 Å². The van der Waals surface area contributed by atoms with E-state index < -0.39 is 38.8 Å². The van der Waals surface area contributed by atoms with Gasteiger partial charge in [0.2, 0.25) is 0 Å². The second-order valence-corrected chi connectivity index (χ2v) is 8.76. The molecule has 0 amide bonds. The van der Waals surface area contributed by atoms with Gasteiger partial charge < -0.3 is 59.7 Å². The molecule has 0 aromatic carbocycles. The van der Waals surface area contributed by atoms with E-state index in [-0.39, 0.29) is 6.29 Å². The zero-order valence-corrected chi connectivity index (χ0v) is 26.0. The predicted molar refractivity (Wildman–Crippen MR) is 152 cm³/mol. The highest BCUT2D eigenvalue weighted by molar-refractivity contribution is 7.45. The molecular weight excluding hydrogens is 521 g/mol. The molecule has 0 spiro atoms. The Labute approximate surface area is 231 Å². The van der Waals surface area contributed by atoms with Gasteiger partial charge in [0.25, 0.3) is 0 Å². The zero-order valence-electron chi connectivity index (χ0n) is 25.1. The molecule has 0 bridgehead atoms. The summed E-state index contributed by atoms with van der Waals surface area (Å²) in [5.41, 5.74) is 0. The Kier molecular flexibility index (Phi) is 40.6. The minimum absolute atomic E-state index is 0.0258. The molecule has 236 valence electrons. The summed E-state index contributed by atoms with van der Waals surface area (Å²) in [7, 11) is -4.64. The van der Waals surface area contributed by atoms with E-state index in [1.54, 1.807) is 0 Å². The van der Waals surface area contributed by atoms with Crippen LogP contribution in [0.2, 0.25) is 0 Å². The van der Waals surface area contributed by atoms with Crippen LogP contribution in [0.3, 0.4) is 0 Å². The summed E-state index contributed by atoms with van der Waals surface area (Å²) >= 11 is 0. The highest BCUT2D eigenvalue weighted by atomic mass is 31.2. The molecule has 8 N–H and O–H groups in total. The monoisotopic (exact) mass is 581 g/mol. The fraction of sp³-hybridized carbons (Fsp3) is 0.958. The van der Waals surface area contributed by atoms with Crippen molar-refractivity contribution in [2.24, 2.45) is 0 Å². The van der Waals surface area contributed by atoms with Crippen molar-refractivity contribution in [2.75, 3.05) is 65.5 Å². The van der Waals surface area contributed by atoms with Crippen LogP contribution in [0.1, 0.15) is 62.3 Å². The zero-order chi connectivity index (χ0) is 31.3. The molecular formula is C24H60N3O10P. The van der Waals surface area contributed by atoms with Gasteiger partial charge in [-0.2, -0.15) is 0 Å². The summed E-state index contributed by atoms with van der Waals surface area (Å²) in [5.74, 6) is 0. The third kappa shape index (κ3) is 37.6. The van der Waals surface area contributed by atoms with Gasteiger partial charge >= 0.3 is 7.82 Å². The van der Waals surface area contributed by atoms with Gasteiger partial charge in [-0.25, -0.2) is 4.57 Å². The number of aliphatic hydroxyl groups is 5. The Morgan fingerprint density at radius 1 is 0.579 bits per heavy atom. The topological polar surface area (TPSA) is 206 Å². The van der Waals surface area contributed by atoms with Gasteiger partial charge in [0, 0.05) is 0 Å². The summed E-state index contributed by atoms with van der Waals surface area (Å²) in [5, 5.41) is 43.5. The average Bonchev–Trinajstić information content (AvgIpc) is 2.90. The predicted octanol–water partition coefficient (Wildman–Crippen LogP) is -0.263. The number of carbonyl (C=O) groups is 1. The summed E-state index contributed by atoms with van der Waals surface area (Å²) in [6, 6.07) is 0. The number of rotatable bonds is 14. The van der Waals surface area contributed by atoms with Crippen molar-refractivity contribution in [1.82, 2.24) is 14.7 Å². The smallest absolute Gasteiger partial charge is 0.394 e. The number of hydrogen-bond donors (Lipinski definition) is 8. The fourth-order valence-corrected chi connectivity index (χ4v) is 2.63. The first kappa shape index (κ1) is 47.3. The number of nitrogens with zero attached hydrogens (tertiary/aromatic N) is 3. The third-order valence-corrected chi connectivity index (χ3v) is 5.45. The van der Waals surface area contributed by atoms with E-state index >= 15 is 0 Å². The maximum Gasteiger partial charge on any atom is 0.466 e. The molecule has 14 heteroatoms. The molecule has 13 nitrogen and oxygen atoms in total. The van der Waals surface area contributed by atoms with Crippen molar-refractivity contribution in [3.05, 3.63) is 0 Å². The lowest BCUT2D eigenvalue weighted by Gasteiger charge is -2.22. The molecule has 0 aliphatic carbocycles. The van der Waals surface area contributed by atoms with E-state index in [4.69, 9.17) is 44.8 Å². The first-order chi connectivity index (χ1) is 17.6. The normalized spacial score (nSPS) is 13.9. The largest absolute Gasteiger partial charge is 0.466 e. The number of aliphatic hydroxyl groups excluding tert-OH is 5. The van der Waals surface area contributed by atoms with Gasteiger partial charge in [-0.3, -0.25) is 0 Å². The molecule has 0 saturated heterocycles. The average molecular weight is 582 g/mol. The van der Waals surface area contributed by atoms with E-state index in [9.17, 15) is 4.79 Å². The fourth-order valence-electron chi connectivity index (χ4n) is 2.63. The SMILES string of the molecule is CCN(CC)CC.CCN(CC)CC.CCN(CC)CC.O=CC(O)C(O)C(O)C(O)CO.O=P(O)(O)O. The Balaban J connectivity index is -0.000000124. The van der Waals surface area contributed by atoms with E-state index in [0.717, 1.165) is 0 Å². The number of carbonyl (C=O) groups excluding carboxylic acids is 1. The summed E-state index contributed by atoms with van der Waals surface area (Å²) in [6.45, 7) is 29.6. The van der Waals surface area contributed by atoms with Crippen LogP contribution in [0.4, 0.5) is 0 Å². The van der Waals surface area contributed by atoms with Crippen LogP contribution in [0.25, 0.3) is 0 Å². The number of phosphoric acid groups is 1. The lowest BCUT2D eigenvalue weighted by molar-refractivity contribution is -0.136. The van der Waals surface area contributed by atoms with Crippen LogP contribution in [0.5, 0.6) is 0 Å². The van der Waals surface area contributed by atoms with Crippen LogP contribution in [0.15, 0.2) is 0 Å². The van der Waals surface area contributed by atoms with Gasteiger partial charge in [-0.05, 0) is 58.9 Å². The van der Waals surface area contributed by atoms with Gasteiger partial charge in [0.1, 0.15) is 24.4 Å².